The van der Waals surface area contributed by atoms with E-state index in [0.29, 0.717) is 23.5 Å². The smallest absolute Gasteiger partial charge is 0.137 e. The molecule has 0 aromatic carbocycles. The number of carbonyl (C=O) groups excluding carboxylic acids is 1. The van der Waals surface area contributed by atoms with E-state index in [1.807, 2.05) is 0 Å². The number of Topliss-reactive ketones (excluding diaryl/α,β-unsaturated/α-hetero) is 1. The molecule has 4 fully saturated rings. The maximum atomic E-state index is 13.3. The van der Waals surface area contributed by atoms with Gasteiger partial charge in [0, 0.05) is 12.3 Å². The largest absolute Gasteiger partial charge is 0.393 e. The minimum Gasteiger partial charge on any atom is -0.393 e. The molecular formula is C21H32O2. The molecule has 0 heterocycles. The molecule has 4 rings (SSSR count). The van der Waals surface area contributed by atoms with Crippen LogP contribution in [-0.4, -0.2) is 17.0 Å². The number of aliphatic hydroxyl groups is 1. The van der Waals surface area contributed by atoms with Crippen molar-refractivity contribution in [2.45, 2.75) is 78.2 Å². The van der Waals surface area contributed by atoms with Gasteiger partial charge >= 0.3 is 0 Å². The number of hydrogen-bond donors (Lipinski definition) is 1. The maximum absolute atomic E-state index is 13.3. The van der Waals surface area contributed by atoms with Crippen LogP contribution in [0.3, 0.4) is 0 Å². The first-order chi connectivity index (χ1) is 10.9. The third-order valence-electron chi connectivity index (χ3n) is 8.52. The molecule has 1 N–H and O–H groups in total. The predicted molar refractivity (Wildman–Crippen MR) is 91.9 cm³/mol. The molecule has 23 heavy (non-hydrogen) atoms. The lowest BCUT2D eigenvalue weighted by atomic mass is 9.44. The van der Waals surface area contributed by atoms with E-state index in [4.69, 9.17) is 0 Å². The van der Waals surface area contributed by atoms with Crippen LogP contribution in [0.2, 0.25) is 0 Å². The van der Waals surface area contributed by atoms with Gasteiger partial charge in [-0.05, 0) is 80.5 Å². The summed E-state index contributed by atoms with van der Waals surface area (Å²) in [5.41, 5.74) is 1.84. The number of ketones is 1. The van der Waals surface area contributed by atoms with Crippen molar-refractivity contribution in [1.82, 2.24) is 0 Å². The van der Waals surface area contributed by atoms with Crippen LogP contribution in [-0.2, 0) is 4.79 Å². The van der Waals surface area contributed by atoms with Gasteiger partial charge in [-0.3, -0.25) is 4.79 Å². The lowest BCUT2D eigenvalue weighted by Crippen LogP contribution is -2.57. The highest BCUT2D eigenvalue weighted by Gasteiger charge is 2.61. The third kappa shape index (κ3) is 2.06. The summed E-state index contributed by atoms with van der Waals surface area (Å²) in [4.78, 5) is 13.3. The molecule has 2 nitrogen and oxygen atoms in total. The monoisotopic (exact) mass is 316 g/mol. The zero-order chi connectivity index (χ0) is 16.4. The third-order valence-corrected chi connectivity index (χ3v) is 8.52. The number of carbonyl (C=O) groups is 1. The van der Waals surface area contributed by atoms with Gasteiger partial charge in [0.2, 0.25) is 0 Å². The molecule has 0 aromatic rings. The first-order valence-corrected chi connectivity index (χ1v) is 9.76. The molecule has 7 atom stereocenters. The van der Waals surface area contributed by atoms with E-state index in [1.54, 1.807) is 5.57 Å². The average Bonchev–Trinajstić information content (AvgIpc) is 2.83. The summed E-state index contributed by atoms with van der Waals surface area (Å²) < 4.78 is 0. The molecule has 0 amide bonds. The molecule has 0 saturated heterocycles. The second kappa shape index (κ2) is 5.18. The number of allylic oxidation sites excluding steroid dienone is 2. The van der Waals surface area contributed by atoms with Crippen LogP contribution in [0, 0.1) is 34.5 Å². The molecule has 2 heteroatoms. The van der Waals surface area contributed by atoms with Gasteiger partial charge in [-0.2, -0.15) is 0 Å². The summed E-state index contributed by atoms with van der Waals surface area (Å²) in [6, 6.07) is 0. The standard InChI is InChI=1S/C21H32O2/c1-4-13-6-8-17-16-7-5-14-11-15(22)9-10-20(14,2)19(16)18(23)12-21(13,17)3/h4,14-17,19,22H,5-12H2,1-3H3/b13-4-/t14-,15+,16?,17?,19?,20+,21-/m1/s1. The van der Waals surface area contributed by atoms with Crippen molar-refractivity contribution in [1.29, 1.82) is 0 Å². The van der Waals surface area contributed by atoms with Gasteiger partial charge in [-0.25, -0.2) is 0 Å². The van der Waals surface area contributed by atoms with Crippen molar-refractivity contribution in [2.24, 2.45) is 34.5 Å². The first-order valence-electron chi connectivity index (χ1n) is 9.76. The quantitative estimate of drug-likeness (QED) is 0.667. The van der Waals surface area contributed by atoms with Gasteiger partial charge in [0.15, 0.2) is 0 Å². The topological polar surface area (TPSA) is 37.3 Å². The molecule has 0 spiro atoms. The van der Waals surface area contributed by atoms with E-state index in [1.165, 1.54) is 25.7 Å². The van der Waals surface area contributed by atoms with Gasteiger partial charge in [0.1, 0.15) is 5.78 Å². The summed E-state index contributed by atoms with van der Waals surface area (Å²) in [5.74, 6) is 2.67. The summed E-state index contributed by atoms with van der Waals surface area (Å²) in [7, 11) is 0. The van der Waals surface area contributed by atoms with E-state index < -0.39 is 0 Å². The Bertz CT molecular complexity index is 550. The van der Waals surface area contributed by atoms with Crippen LogP contribution in [0.4, 0.5) is 0 Å². The Hall–Kier alpha value is -0.630. The predicted octanol–water partition coefficient (Wildman–Crippen LogP) is 4.52. The number of hydrogen-bond acceptors (Lipinski definition) is 2. The zero-order valence-electron chi connectivity index (χ0n) is 15.0. The summed E-state index contributed by atoms with van der Waals surface area (Å²) in [6.45, 7) is 6.90. The van der Waals surface area contributed by atoms with Crippen LogP contribution < -0.4 is 0 Å². The van der Waals surface area contributed by atoms with Gasteiger partial charge in [0.05, 0.1) is 6.10 Å². The van der Waals surface area contributed by atoms with Crippen molar-refractivity contribution in [3.8, 4) is 0 Å². The average molecular weight is 316 g/mol. The minimum atomic E-state index is -0.130. The Kier molecular flexibility index (Phi) is 3.58. The highest BCUT2D eigenvalue weighted by molar-refractivity contribution is 5.85. The van der Waals surface area contributed by atoms with Crippen molar-refractivity contribution < 1.29 is 9.90 Å². The van der Waals surface area contributed by atoms with Crippen LogP contribution in [0.5, 0.6) is 0 Å². The summed E-state index contributed by atoms with van der Waals surface area (Å²) >= 11 is 0. The number of rotatable bonds is 0. The van der Waals surface area contributed by atoms with E-state index in [-0.39, 0.29) is 22.9 Å². The molecule has 0 radical (unpaired) electrons. The fraction of sp³-hybridized carbons (Fsp3) is 0.857. The van der Waals surface area contributed by atoms with E-state index in [2.05, 4.69) is 26.8 Å². The van der Waals surface area contributed by atoms with Gasteiger partial charge in [-0.1, -0.05) is 25.5 Å². The molecule has 0 aliphatic heterocycles. The maximum Gasteiger partial charge on any atom is 0.137 e. The van der Waals surface area contributed by atoms with Crippen LogP contribution >= 0.6 is 0 Å². The van der Waals surface area contributed by atoms with Gasteiger partial charge in [-0.15, -0.1) is 0 Å². The lowest BCUT2D eigenvalue weighted by molar-refractivity contribution is -0.157. The molecule has 4 aliphatic rings. The highest BCUT2D eigenvalue weighted by atomic mass is 16.3. The molecule has 128 valence electrons. The van der Waals surface area contributed by atoms with Crippen molar-refractivity contribution >= 4 is 5.78 Å². The lowest BCUT2D eigenvalue weighted by Gasteiger charge is -2.59. The second-order valence-corrected chi connectivity index (χ2v) is 9.37. The molecule has 3 unspecified atom stereocenters. The zero-order valence-corrected chi connectivity index (χ0v) is 15.0. The molecule has 0 bridgehead atoms. The fourth-order valence-electron chi connectivity index (χ4n) is 7.37. The van der Waals surface area contributed by atoms with Crippen molar-refractivity contribution in [2.75, 3.05) is 0 Å². The number of aliphatic hydroxyl groups excluding tert-OH is 1. The summed E-state index contributed by atoms with van der Waals surface area (Å²) in [5, 5.41) is 10.1. The summed E-state index contributed by atoms with van der Waals surface area (Å²) in [6.07, 6.45) is 10.7. The highest BCUT2D eigenvalue weighted by Crippen LogP contribution is 2.66. The van der Waals surface area contributed by atoms with Crippen LogP contribution in [0.25, 0.3) is 0 Å². The Balaban J connectivity index is 1.70. The molecule has 4 aliphatic carbocycles. The SMILES string of the molecule is C/C=C1/CCC2C3CC[C@@H]4C[C@@H](O)CC[C@]4(C)C3C(=O)C[C@]12C. The van der Waals surface area contributed by atoms with E-state index in [9.17, 15) is 9.90 Å². The minimum absolute atomic E-state index is 0.130. The van der Waals surface area contributed by atoms with Gasteiger partial charge in [0.25, 0.3) is 0 Å². The van der Waals surface area contributed by atoms with E-state index >= 15 is 0 Å². The second-order valence-electron chi connectivity index (χ2n) is 9.37. The van der Waals surface area contributed by atoms with Crippen LogP contribution in [0.15, 0.2) is 11.6 Å². The molecule has 0 aromatic heterocycles. The Morgan fingerprint density at radius 1 is 1.17 bits per heavy atom. The fourth-order valence-corrected chi connectivity index (χ4v) is 7.37. The first kappa shape index (κ1) is 15.9. The van der Waals surface area contributed by atoms with Crippen molar-refractivity contribution in [3.63, 3.8) is 0 Å². The molecule has 4 saturated carbocycles. The normalized spacial score (nSPS) is 54.5. The number of fused-ring (bicyclic) bond motifs is 5. The Morgan fingerprint density at radius 3 is 2.70 bits per heavy atom. The Labute approximate surface area is 140 Å². The van der Waals surface area contributed by atoms with Crippen LogP contribution in [0.1, 0.15) is 72.1 Å². The molecular weight excluding hydrogens is 284 g/mol. The Morgan fingerprint density at radius 2 is 1.96 bits per heavy atom. The van der Waals surface area contributed by atoms with Gasteiger partial charge < -0.3 is 5.11 Å². The van der Waals surface area contributed by atoms with Crippen molar-refractivity contribution in [3.05, 3.63) is 11.6 Å². The van der Waals surface area contributed by atoms with E-state index in [0.717, 1.165) is 25.7 Å².